The number of fused-ring (bicyclic) bond motifs is 1. The second kappa shape index (κ2) is 8.70. The maximum atomic E-state index is 13.4. The molecule has 7 nitrogen and oxygen atoms in total. The molecule has 1 saturated carbocycles. The van der Waals surface area contributed by atoms with Crippen LogP contribution in [0.5, 0.6) is 0 Å². The van der Waals surface area contributed by atoms with Crippen LogP contribution in [0, 0.1) is 6.92 Å². The Bertz CT molecular complexity index is 1160. The summed E-state index contributed by atoms with van der Waals surface area (Å²) < 4.78 is 0. The van der Waals surface area contributed by atoms with Crippen molar-refractivity contribution in [3.05, 3.63) is 70.3 Å². The molecule has 2 aromatic rings. The SMILES string of the molecule is Cc1ccc(C2(C(=O)NCc3ccc4c(c3)CN(C3CCC(=O)NC3=O)C4=O)CCCC2)cc1. The number of benzene rings is 2. The first-order chi connectivity index (χ1) is 16.4. The van der Waals surface area contributed by atoms with Crippen LogP contribution in [0.3, 0.4) is 0 Å². The molecule has 34 heavy (non-hydrogen) atoms. The number of nitrogens with zero attached hydrogens (tertiary/aromatic N) is 1. The second-order valence-electron chi connectivity index (χ2n) is 9.73. The smallest absolute Gasteiger partial charge is 0.255 e. The van der Waals surface area contributed by atoms with E-state index in [1.54, 1.807) is 11.0 Å². The van der Waals surface area contributed by atoms with E-state index >= 15 is 0 Å². The second-order valence-corrected chi connectivity index (χ2v) is 9.73. The van der Waals surface area contributed by atoms with Crippen molar-refractivity contribution in [3.8, 4) is 0 Å². The first-order valence-corrected chi connectivity index (χ1v) is 12.0. The van der Waals surface area contributed by atoms with Gasteiger partial charge in [-0.2, -0.15) is 0 Å². The quantitative estimate of drug-likeness (QED) is 0.672. The lowest BCUT2D eigenvalue weighted by Gasteiger charge is -2.29. The summed E-state index contributed by atoms with van der Waals surface area (Å²) in [6.45, 7) is 2.76. The summed E-state index contributed by atoms with van der Waals surface area (Å²) in [4.78, 5) is 51.5. The van der Waals surface area contributed by atoms with Gasteiger partial charge in [0.15, 0.2) is 0 Å². The standard InChI is InChI=1S/C27H29N3O4/c1-17-4-7-20(8-5-17)27(12-2-3-13-27)26(34)28-15-18-6-9-21-19(14-18)16-30(25(21)33)22-10-11-23(31)29-24(22)32/h4-9,14,22H,2-3,10-13,15-16H2,1H3,(H,28,34)(H,29,31,32). The lowest BCUT2D eigenvalue weighted by molar-refractivity contribution is -0.137. The molecule has 1 atom stereocenters. The molecule has 0 spiro atoms. The topological polar surface area (TPSA) is 95.6 Å². The number of rotatable bonds is 5. The monoisotopic (exact) mass is 459 g/mol. The Morgan fingerprint density at radius 2 is 1.82 bits per heavy atom. The Morgan fingerprint density at radius 3 is 2.53 bits per heavy atom. The molecule has 4 amide bonds. The van der Waals surface area contributed by atoms with E-state index in [4.69, 9.17) is 0 Å². The molecule has 1 saturated heterocycles. The summed E-state index contributed by atoms with van der Waals surface area (Å²) in [7, 11) is 0. The van der Waals surface area contributed by atoms with Crippen molar-refractivity contribution in [1.29, 1.82) is 0 Å². The van der Waals surface area contributed by atoms with E-state index in [2.05, 4.69) is 34.9 Å². The van der Waals surface area contributed by atoms with Gasteiger partial charge in [0.05, 0.1) is 5.41 Å². The zero-order chi connectivity index (χ0) is 23.9. The summed E-state index contributed by atoms with van der Waals surface area (Å²) in [5.74, 6) is -0.850. The van der Waals surface area contributed by atoms with Gasteiger partial charge in [-0.3, -0.25) is 24.5 Å². The molecule has 0 bridgehead atoms. The van der Waals surface area contributed by atoms with Gasteiger partial charge in [-0.05, 0) is 48.9 Å². The van der Waals surface area contributed by atoms with E-state index in [9.17, 15) is 19.2 Å². The summed E-state index contributed by atoms with van der Waals surface area (Å²) in [5, 5.41) is 5.47. The van der Waals surface area contributed by atoms with E-state index in [-0.39, 0.29) is 24.1 Å². The molecule has 5 rings (SSSR count). The van der Waals surface area contributed by atoms with Crippen LogP contribution >= 0.6 is 0 Å². The fraction of sp³-hybridized carbons (Fsp3) is 0.407. The van der Waals surface area contributed by atoms with E-state index in [1.807, 2.05) is 19.1 Å². The van der Waals surface area contributed by atoms with Crippen LogP contribution in [0.25, 0.3) is 0 Å². The molecule has 1 unspecified atom stereocenters. The van der Waals surface area contributed by atoms with E-state index in [1.165, 1.54) is 5.56 Å². The fourth-order valence-electron chi connectivity index (χ4n) is 5.59. The minimum Gasteiger partial charge on any atom is -0.351 e. The average molecular weight is 460 g/mol. The molecular formula is C27H29N3O4. The lowest BCUT2D eigenvalue weighted by atomic mass is 9.77. The number of piperidine rings is 1. The number of hydrogen-bond donors (Lipinski definition) is 2. The molecule has 2 heterocycles. The number of aryl methyl sites for hydroxylation is 1. The minimum atomic E-state index is -0.627. The van der Waals surface area contributed by atoms with Crippen molar-refractivity contribution in [2.24, 2.45) is 0 Å². The first kappa shape index (κ1) is 22.3. The molecule has 7 heteroatoms. The summed E-state index contributed by atoms with van der Waals surface area (Å²) in [5.41, 5.74) is 4.11. The summed E-state index contributed by atoms with van der Waals surface area (Å²) in [6, 6.07) is 13.2. The van der Waals surface area contributed by atoms with Gasteiger partial charge in [-0.1, -0.05) is 54.8 Å². The third kappa shape index (κ3) is 3.89. The van der Waals surface area contributed by atoms with Crippen LogP contribution < -0.4 is 10.6 Å². The van der Waals surface area contributed by atoms with Crippen LogP contribution in [0.1, 0.15) is 71.1 Å². The van der Waals surface area contributed by atoms with Gasteiger partial charge < -0.3 is 10.2 Å². The highest BCUT2D eigenvalue weighted by Crippen LogP contribution is 2.41. The Hall–Kier alpha value is -3.48. The number of amides is 4. The Labute approximate surface area is 198 Å². The third-order valence-electron chi connectivity index (χ3n) is 7.54. The van der Waals surface area contributed by atoms with Crippen molar-refractivity contribution in [2.75, 3.05) is 0 Å². The van der Waals surface area contributed by atoms with Gasteiger partial charge >= 0.3 is 0 Å². The zero-order valence-corrected chi connectivity index (χ0v) is 19.4. The largest absolute Gasteiger partial charge is 0.351 e. The highest BCUT2D eigenvalue weighted by atomic mass is 16.2. The van der Waals surface area contributed by atoms with Gasteiger partial charge in [-0.25, -0.2) is 0 Å². The molecule has 2 fully saturated rings. The van der Waals surface area contributed by atoms with Crippen LogP contribution in [0.4, 0.5) is 0 Å². The van der Waals surface area contributed by atoms with Crippen molar-refractivity contribution in [1.82, 2.24) is 15.5 Å². The number of nitrogens with one attached hydrogen (secondary N) is 2. The van der Waals surface area contributed by atoms with Gasteiger partial charge in [0.1, 0.15) is 6.04 Å². The van der Waals surface area contributed by atoms with Crippen LogP contribution in [0.15, 0.2) is 42.5 Å². The van der Waals surface area contributed by atoms with Gasteiger partial charge in [0, 0.05) is 25.1 Å². The average Bonchev–Trinajstić information content (AvgIpc) is 3.44. The molecule has 0 radical (unpaired) electrons. The van der Waals surface area contributed by atoms with Gasteiger partial charge in [0.25, 0.3) is 5.91 Å². The summed E-state index contributed by atoms with van der Waals surface area (Å²) in [6.07, 6.45) is 4.35. The highest BCUT2D eigenvalue weighted by Gasteiger charge is 2.43. The highest BCUT2D eigenvalue weighted by molar-refractivity contribution is 6.05. The van der Waals surface area contributed by atoms with Gasteiger partial charge in [0.2, 0.25) is 17.7 Å². The van der Waals surface area contributed by atoms with Crippen molar-refractivity contribution in [3.63, 3.8) is 0 Å². The van der Waals surface area contributed by atoms with E-state index in [0.29, 0.717) is 25.1 Å². The minimum absolute atomic E-state index is 0.0515. The normalized spacial score (nSPS) is 21.4. The first-order valence-electron chi connectivity index (χ1n) is 12.0. The van der Waals surface area contributed by atoms with Crippen molar-refractivity contribution < 1.29 is 19.2 Å². The fourth-order valence-corrected chi connectivity index (χ4v) is 5.59. The number of imide groups is 1. The maximum absolute atomic E-state index is 13.4. The summed E-state index contributed by atoms with van der Waals surface area (Å²) >= 11 is 0. The molecule has 2 aliphatic heterocycles. The van der Waals surface area contributed by atoms with Gasteiger partial charge in [-0.15, -0.1) is 0 Å². The molecule has 3 aliphatic rings. The Morgan fingerprint density at radius 1 is 1.09 bits per heavy atom. The third-order valence-corrected chi connectivity index (χ3v) is 7.54. The molecule has 2 N–H and O–H groups in total. The van der Waals surface area contributed by atoms with Crippen LogP contribution in [-0.4, -0.2) is 34.6 Å². The van der Waals surface area contributed by atoms with Crippen LogP contribution in [0.2, 0.25) is 0 Å². The number of hydrogen-bond acceptors (Lipinski definition) is 4. The van der Waals surface area contributed by atoms with E-state index in [0.717, 1.165) is 42.4 Å². The zero-order valence-electron chi connectivity index (χ0n) is 19.4. The predicted molar refractivity (Wildman–Crippen MR) is 126 cm³/mol. The molecular weight excluding hydrogens is 430 g/mol. The maximum Gasteiger partial charge on any atom is 0.255 e. The Kier molecular flexibility index (Phi) is 5.71. The number of carbonyl (C=O) groups excluding carboxylic acids is 4. The number of carbonyl (C=O) groups is 4. The van der Waals surface area contributed by atoms with Crippen LogP contribution in [-0.2, 0) is 32.9 Å². The molecule has 1 aliphatic carbocycles. The van der Waals surface area contributed by atoms with Crippen molar-refractivity contribution in [2.45, 2.75) is 70.0 Å². The molecule has 176 valence electrons. The van der Waals surface area contributed by atoms with E-state index < -0.39 is 17.4 Å². The lowest BCUT2D eigenvalue weighted by Crippen LogP contribution is -2.52. The molecule has 2 aromatic carbocycles. The molecule has 0 aromatic heterocycles. The predicted octanol–water partition coefficient (Wildman–Crippen LogP) is 2.88. The van der Waals surface area contributed by atoms with Crippen molar-refractivity contribution >= 4 is 23.6 Å². The Balaban J connectivity index is 1.29.